The number of benzene rings is 1. The molecule has 2 aromatic heterocycles. The number of rotatable bonds is 3. The third-order valence-electron chi connectivity index (χ3n) is 6.87. The molecule has 0 bridgehead atoms. The summed E-state index contributed by atoms with van der Waals surface area (Å²) >= 11 is 1.54. The van der Waals surface area contributed by atoms with Gasteiger partial charge in [0.15, 0.2) is 0 Å². The number of hydrogen-bond acceptors (Lipinski definition) is 4. The van der Waals surface area contributed by atoms with Crippen LogP contribution >= 0.6 is 11.3 Å². The van der Waals surface area contributed by atoms with Crippen LogP contribution in [0.4, 0.5) is 0 Å². The van der Waals surface area contributed by atoms with Crippen molar-refractivity contribution in [2.75, 3.05) is 13.1 Å². The van der Waals surface area contributed by atoms with Crippen LogP contribution in [0.15, 0.2) is 41.5 Å². The standard InChI is InChI=1S/C24H27N3O2S/c1-16-21(18-8-3-2-4-9-18)22-23(30-16)25-15-27(24(22)29)14-20(28)26-12-11-17-7-5-6-10-19(17)13-26/h2-4,8-9,15,17,19H,5-7,10-14H2,1H3/t17-,19+/m0/s1. The molecule has 156 valence electrons. The number of carbonyl (C=O) groups is 1. The van der Waals surface area contributed by atoms with Crippen LogP contribution in [0, 0.1) is 18.8 Å². The molecule has 6 heteroatoms. The predicted molar refractivity (Wildman–Crippen MR) is 121 cm³/mol. The quantitative estimate of drug-likeness (QED) is 0.627. The fraction of sp³-hybridized carbons (Fsp3) is 0.458. The van der Waals surface area contributed by atoms with E-state index in [-0.39, 0.29) is 18.0 Å². The largest absolute Gasteiger partial charge is 0.341 e. The number of aromatic nitrogens is 2. The van der Waals surface area contributed by atoms with Crippen LogP contribution < -0.4 is 5.56 Å². The number of carbonyl (C=O) groups excluding carboxylic acids is 1. The summed E-state index contributed by atoms with van der Waals surface area (Å²) in [6.07, 6.45) is 7.80. The molecule has 0 unspecified atom stereocenters. The molecule has 1 aliphatic heterocycles. The SMILES string of the molecule is Cc1sc2ncn(CC(=O)N3CC[C@@H]4CCCC[C@@H]4C3)c(=O)c2c1-c1ccccc1. The lowest BCUT2D eigenvalue weighted by molar-refractivity contribution is -0.135. The van der Waals surface area contributed by atoms with Gasteiger partial charge in [-0.25, -0.2) is 4.98 Å². The first-order valence-corrected chi connectivity index (χ1v) is 11.7. The normalized spacial score (nSPS) is 21.6. The third-order valence-corrected chi connectivity index (χ3v) is 7.88. The Morgan fingerprint density at radius 1 is 1.13 bits per heavy atom. The molecule has 3 aromatic rings. The highest BCUT2D eigenvalue weighted by Crippen LogP contribution is 2.37. The molecular weight excluding hydrogens is 394 g/mol. The van der Waals surface area contributed by atoms with Gasteiger partial charge < -0.3 is 4.90 Å². The second-order valence-electron chi connectivity index (χ2n) is 8.69. The van der Waals surface area contributed by atoms with Crippen molar-refractivity contribution in [3.05, 3.63) is 51.9 Å². The van der Waals surface area contributed by atoms with E-state index in [9.17, 15) is 9.59 Å². The molecule has 1 aliphatic carbocycles. The topological polar surface area (TPSA) is 55.2 Å². The first-order chi connectivity index (χ1) is 14.6. The average Bonchev–Trinajstić information content (AvgIpc) is 3.12. The second kappa shape index (κ2) is 7.99. The highest BCUT2D eigenvalue weighted by molar-refractivity contribution is 7.19. The van der Waals surface area contributed by atoms with Gasteiger partial charge in [-0.1, -0.05) is 49.6 Å². The van der Waals surface area contributed by atoms with Gasteiger partial charge in [-0.2, -0.15) is 0 Å². The van der Waals surface area contributed by atoms with Crippen molar-refractivity contribution in [3.8, 4) is 11.1 Å². The lowest BCUT2D eigenvalue weighted by Crippen LogP contribution is -2.46. The molecule has 2 atom stereocenters. The van der Waals surface area contributed by atoms with Crippen LogP contribution in [-0.2, 0) is 11.3 Å². The maximum Gasteiger partial charge on any atom is 0.263 e. The van der Waals surface area contributed by atoms with E-state index in [1.54, 1.807) is 6.33 Å². The lowest BCUT2D eigenvalue weighted by atomic mass is 9.75. The smallest absolute Gasteiger partial charge is 0.263 e. The van der Waals surface area contributed by atoms with Crippen molar-refractivity contribution >= 4 is 27.5 Å². The summed E-state index contributed by atoms with van der Waals surface area (Å²) < 4.78 is 1.50. The summed E-state index contributed by atoms with van der Waals surface area (Å²) in [7, 11) is 0. The molecule has 5 nitrogen and oxygen atoms in total. The van der Waals surface area contributed by atoms with Crippen LogP contribution in [0.5, 0.6) is 0 Å². The number of likely N-dealkylation sites (tertiary alicyclic amines) is 1. The van der Waals surface area contributed by atoms with Crippen molar-refractivity contribution in [3.63, 3.8) is 0 Å². The van der Waals surface area contributed by atoms with E-state index >= 15 is 0 Å². The minimum absolute atomic E-state index is 0.0375. The first kappa shape index (κ1) is 19.5. The Labute approximate surface area is 180 Å². The van der Waals surface area contributed by atoms with Crippen molar-refractivity contribution in [1.29, 1.82) is 0 Å². The van der Waals surface area contributed by atoms with Gasteiger partial charge in [-0.15, -0.1) is 11.3 Å². The Balaban J connectivity index is 1.43. The van der Waals surface area contributed by atoms with Crippen LogP contribution in [0.1, 0.15) is 37.0 Å². The van der Waals surface area contributed by atoms with E-state index in [1.165, 1.54) is 41.6 Å². The molecule has 0 spiro atoms. The molecule has 1 aromatic carbocycles. The highest BCUT2D eigenvalue weighted by atomic mass is 32.1. The summed E-state index contributed by atoms with van der Waals surface area (Å²) in [6.45, 7) is 3.76. The van der Waals surface area contributed by atoms with Crippen LogP contribution in [0.2, 0.25) is 0 Å². The zero-order valence-electron chi connectivity index (χ0n) is 17.3. The van der Waals surface area contributed by atoms with Crippen molar-refractivity contribution < 1.29 is 4.79 Å². The zero-order chi connectivity index (χ0) is 20.7. The summed E-state index contributed by atoms with van der Waals surface area (Å²) in [4.78, 5) is 34.7. The molecule has 1 saturated heterocycles. The Kier molecular flexibility index (Phi) is 5.19. The van der Waals surface area contributed by atoms with Gasteiger partial charge in [0.1, 0.15) is 11.4 Å². The second-order valence-corrected chi connectivity index (χ2v) is 9.89. The number of piperidine rings is 1. The van der Waals surface area contributed by atoms with Crippen molar-refractivity contribution in [2.45, 2.75) is 45.6 Å². The third kappa shape index (κ3) is 3.47. The molecule has 2 fully saturated rings. The Morgan fingerprint density at radius 2 is 1.90 bits per heavy atom. The van der Waals surface area contributed by atoms with Crippen molar-refractivity contribution in [1.82, 2.24) is 14.5 Å². The fourth-order valence-corrected chi connectivity index (χ4v) is 6.28. The van der Waals surface area contributed by atoms with Crippen LogP contribution in [0.3, 0.4) is 0 Å². The van der Waals surface area contributed by atoms with Crippen LogP contribution in [0.25, 0.3) is 21.3 Å². The van der Waals surface area contributed by atoms with Gasteiger partial charge in [0, 0.05) is 23.5 Å². The average molecular weight is 422 g/mol. The number of nitrogens with zero attached hydrogens (tertiary/aromatic N) is 3. The number of thiophene rings is 1. The summed E-state index contributed by atoms with van der Waals surface area (Å²) in [5.41, 5.74) is 1.84. The Bertz CT molecular complexity index is 1130. The monoisotopic (exact) mass is 421 g/mol. The first-order valence-electron chi connectivity index (χ1n) is 10.9. The van der Waals surface area contributed by atoms with E-state index in [2.05, 4.69) is 4.98 Å². The molecule has 30 heavy (non-hydrogen) atoms. The van der Waals surface area contributed by atoms with Gasteiger partial charge in [0.2, 0.25) is 5.91 Å². The zero-order valence-corrected chi connectivity index (χ0v) is 18.2. The number of fused-ring (bicyclic) bond motifs is 2. The Hall–Kier alpha value is -2.47. The van der Waals surface area contributed by atoms with E-state index in [1.807, 2.05) is 42.2 Å². The number of aryl methyl sites for hydroxylation is 1. The van der Waals surface area contributed by atoms with E-state index in [0.717, 1.165) is 46.3 Å². The van der Waals surface area contributed by atoms with E-state index < -0.39 is 0 Å². The molecule has 2 aliphatic rings. The van der Waals surface area contributed by atoms with Crippen molar-refractivity contribution in [2.24, 2.45) is 11.8 Å². The van der Waals surface area contributed by atoms with Gasteiger partial charge >= 0.3 is 0 Å². The molecular formula is C24H27N3O2S. The maximum atomic E-state index is 13.3. The number of hydrogen-bond donors (Lipinski definition) is 0. The molecule has 1 saturated carbocycles. The minimum Gasteiger partial charge on any atom is -0.341 e. The lowest BCUT2D eigenvalue weighted by Gasteiger charge is -2.41. The highest BCUT2D eigenvalue weighted by Gasteiger charge is 2.33. The van der Waals surface area contributed by atoms with Crippen LogP contribution in [-0.4, -0.2) is 33.4 Å². The Morgan fingerprint density at radius 3 is 2.70 bits per heavy atom. The summed E-state index contributed by atoms with van der Waals surface area (Å²) in [5, 5.41) is 0.630. The van der Waals surface area contributed by atoms with E-state index in [4.69, 9.17) is 0 Å². The minimum atomic E-state index is -0.121. The van der Waals surface area contributed by atoms with Gasteiger partial charge in [0.05, 0.1) is 11.7 Å². The predicted octanol–water partition coefficient (Wildman–Crippen LogP) is 4.47. The fourth-order valence-electron chi connectivity index (χ4n) is 5.28. The molecule has 3 heterocycles. The number of amides is 1. The molecule has 0 N–H and O–H groups in total. The van der Waals surface area contributed by atoms with Gasteiger partial charge in [-0.05, 0) is 37.2 Å². The van der Waals surface area contributed by atoms with E-state index in [0.29, 0.717) is 11.3 Å². The molecule has 1 amide bonds. The summed E-state index contributed by atoms with van der Waals surface area (Å²) in [5.74, 6) is 1.46. The molecule has 0 radical (unpaired) electrons. The molecule has 5 rings (SSSR count). The maximum absolute atomic E-state index is 13.3. The van der Waals surface area contributed by atoms with Gasteiger partial charge in [-0.3, -0.25) is 14.2 Å². The van der Waals surface area contributed by atoms with Gasteiger partial charge in [0.25, 0.3) is 5.56 Å². The summed E-state index contributed by atoms with van der Waals surface area (Å²) in [6, 6.07) is 9.96.